The molecule has 112 valence electrons. The summed E-state index contributed by atoms with van der Waals surface area (Å²) in [5.74, 6) is 0.201. The molecule has 0 unspecified atom stereocenters. The van der Waals surface area contributed by atoms with Gasteiger partial charge in [-0.2, -0.15) is 0 Å². The van der Waals surface area contributed by atoms with Gasteiger partial charge in [0.05, 0.1) is 5.56 Å². The number of nitrogens with zero attached hydrogens (tertiary/aromatic N) is 2. The van der Waals surface area contributed by atoms with E-state index in [1.165, 1.54) is 24.1 Å². The van der Waals surface area contributed by atoms with E-state index in [0.717, 1.165) is 50.8 Å². The second-order valence-electron chi connectivity index (χ2n) is 6.63. The molecule has 1 aromatic rings. The topological polar surface area (TPSA) is 45.2 Å². The molecule has 21 heavy (non-hydrogen) atoms. The molecule has 1 aromatic heterocycles. The zero-order chi connectivity index (χ0) is 14.2. The maximum absolute atomic E-state index is 13.0. The Balaban J connectivity index is 1.62. The first-order chi connectivity index (χ1) is 10.3. The fraction of sp³-hybridized carbons (Fsp3) is 0.647. The number of hydrogen-bond acceptors (Lipinski definition) is 3. The number of aromatic nitrogens is 1. The number of nitrogens with one attached hydrogen (secondary N) is 1. The number of fused-ring (bicyclic) bond motifs is 3. The summed E-state index contributed by atoms with van der Waals surface area (Å²) in [4.78, 5) is 19.7. The number of rotatable bonds is 1. The lowest BCUT2D eigenvalue weighted by Gasteiger charge is -2.28. The van der Waals surface area contributed by atoms with Crippen LogP contribution in [0.25, 0.3) is 0 Å². The molecule has 4 rings (SSSR count). The van der Waals surface area contributed by atoms with Crippen LogP contribution < -0.4 is 5.32 Å². The molecule has 2 aliphatic heterocycles. The SMILES string of the molecule is O=C(c1cnc2c(c1)CCCC2)N1[C@@H]2CCNC[C@H]1CC2. The first kappa shape index (κ1) is 13.3. The van der Waals surface area contributed by atoms with E-state index in [0.29, 0.717) is 12.1 Å². The molecule has 2 saturated heterocycles. The highest BCUT2D eigenvalue weighted by atomic mass is 16.2. The highest BCUT2D eigenvalue weighted by molar-refractivity contribution is 5.94. The molecule has 2 bridgehead atoms. The molecule has 2 atom stereocenters. The van der Waals surface area contributed by atoms with Crippen LogP contribution in [0.5, 0.6) is 0 Å². The molecular formula is C17H23N3O. The minimum absolute atomic E-state index is 0.201. The van der Waals surface area contributed by atoms with Gasteiger partial charge in [-0.3, -0.25) is 9.78 Å². The monoisotopic (exact) mass is 285 g/mol. The molecule has 0 spiro atoms. The number of carbonyl (C=O) groups excluding carboxylic acids is 1. The van der Waals surface area contributed by atoms with Crippen molar-refractivity contribution in [1.29, 1.82) is 0 Å². The van der Waals surface area contributed by atoms with Gasteiger partial charge in [0.25, 0.3) is 5.91 Å². The van der Waals surface area contributed by atoms with Gasteiger partial charge in [-0.1, -0.05) is 0 Å². The highest BCUT2D eigenvalue weighted by Crippen LogP contribution is 2.30. The summed E-state index contributed by atoms with van der Waals surface area (Å²) < 4.78 is 0. The molecule has 0 saturated carbocycles. The van der Waals surface area contributed by atoms with Crippen LogP contribution in [0.3, 0.4) is 0 Å². The molecule has 4 heteroatoms. The van der Waals surface area contributed by atoms with Crippen molar-refractivity contribution in [3.8, 4) is 0 Å². The van der Waals surface area contributed by atoms with E-state index in [4.69, 9.17) is 0 Å². The largest absolute Gasteiger partial charge is 0.331 e. The van der Waals surface area contributed by atoms with Crippen molar-refractivity contribution in [2.75, 3.05) is 13.1 Å². The van der Waals surface area contributed by atoms with Gasteiger partial charge in [-0.15, -0.1) is 0 Å². The van der Waals surface area contributed by atoms with Crippen molar-refractivity contribution in [2.24, 2.45) is 0 Å². The van der Waals surface area contributed by atoms with Gasteiger partial charge < -0.3 is 10.2 Å². The molecular weight excluding hydrogens is 262 g/mol. The Morgan fingerprint density at radius 2 is 2.05 bits per heavy atom. The van der Waals surface area contributed by atoms with Gasteiger partial charge in [0.15, 0.2) is 0 Å². The third kappa shape index (κ3) is 2.35. The molecule has 4 nitrogen and oxygen atoms in total. The summed E-state index contributed by atoms with van der Waals surface area (Å²) in [7, 11) is 0. The quantitative estimate of drug-likeness (QED) is 0.857. The van der Waals surface area contributed by atoms with Crippen molar-refractivity contribution >= 4 is 5.91 Å². The van der Waals surface area contributed by atoms with Gasteiger partial charge in [0.2, 0.25) is 0 Å². The van der Waals surface area contributed by atoms with Crippen LogP contribution in [0.2, 0.25) is 0 Å². The van der Waals surface area contributed by atoms with Gasteiger partial charge in [0.1, 0.15) is 0 Å². The number of carbonyl (C=O) groups is 1. The Bertz CT molecular complexity index is 543. The second-order valence-corrected chi connectivity index (χ2v) is 6.63. The van der Waals surface area contributed by atoms with Crippen molar-refractivity contribution in [3.63, 3.8) is 0 Å². The molecule has 3 heterocycles. The first-order valence-corrected chi connectivity index (χ1v) is 8.34. The van der Waals surface area contributed by atoms with E-state index in [2.05, 4.69) is 21.3 Å². The Morgan fingerprint density at radius 3 is 3.00 bits per heavy atom. The summed E-state index contributed by atoms with van der Waals surface area (Å²) in [6.45, 7) is 1.98. The van der Waals surface area contributed by atoms with Crippen molar-refractivity contribution in [1.82, 2.24) is 15.2 Å². The van der Waals surface area contributed by atoms with Gasteiger partial charge in [-0.05, 0) is 63.1 Å². The van der Waals surface area contributed by atoms with Crippen molar-refractivity contribution in [2.45, 2.75) is 57.0 Å². The normalized spacial score (nSPS) is 28.1. The van der Waals surface area contributed by atoms with Crippen LogP contribution in [0.15, 0.2) is 12.3 Å². The number of amides is 1. The lowest BCUT2D eigenvalue weighted by atomic mass is 9.95. The third-order valence-electron chi connectivity index (χ3n) is 5.31. The van der Waals surface area contributed by atoms with Gasteiger partial charge in [0, 0.05) is 30.5 Å². The zero-order valence-electron chi connectivity index (χ0n) is 12.5. The maximum Gasteiger partial charge on any atom is 0.255 e. The fourth-order valence-electron chi connectivity index (χ4n) is 4.17. The van der Waals surface area contributed by atoms with Crippen molar-refractivity contribution in [3.05, 3.63) is 29.1 Å². The van der Waals surface area contributed by atoms with E-state index in [1.54, 1.807) is 0 Å². The molecule has 1 N–H and O–H groups in total. The Hall–Kier alpha value is -1.42. The van der Waals surface area contributed by atoms with Crippen LogP contribution in [0, 0.1) is 0 Å². The fourth-order valence-corrected chi connectivity index (χ4v) is 4.17. The predicted octanol–water partition coefficient (Wildman–Crippen LogP) is 1.93. The molecule has 0 radical (unpaired) electrons. The van der Waals surface area contributed by atoms with E-state index < -0.39 is 0 Å². The third-order valence-corrected chi connectivity index (χ3v) is 5.31. The van der Waals surface area contributed by atoms with Crippen LogP contribution in [-0.4, -0.2) is 41.0 Å². The molecule has 2 fully saturated rings. The van der Waals surface area contributed by atoms with Crippen LogP contribution in [-0.2, 0) is 12.8 Å². The molecule has 1 amide bonds. The van der Waals surface area contributed by atoms with Gasteiger partial charge in [-0.25, -0.2) is 0 Å². The summed E-state index contributed by atoms with van der Waals surface area (Å²) in [5.41, 5.74) is 3.31. The lowest BCUT2D eigenvalue weighted by Crippen LogP contribution is -2.42. The molecule has 1 aliphatic carbocycles. The minimum Gasteiger partial charge on any atom is -0.331 e. The average molecular weight is 285 g/mol. The second kappa shape index (κ2) is 5.41. The minimum atomic E-state index is 0.201. The summed E-state index contributed by atoms with van der Waals surface area (Å²) >= 11 is 0. The Morgan fingerprint density at radius 1 is 1.19 bits per heavy atom. The Labute approximate surface area is 125 Å². The summed E-state index contributed by atoms with van der Waals surface area (Å²) in [6, 6.07) is 2.91. The zero-order valence-corrected chi connectivity index (χ0v) is 12.5. The first-order valence-electron chi connectivity index (χ1n) is 8.34. The standard InChI is InChI=1S/C17H23N3O/c21-17(20-14-5-6-15(20)11-18-8-7-14)13-9-12-3-1-2-4-16(12)19-10-13/h9-10,14-15,18H,1-8,11H2/t14-,15+/m0/s1. The maximum atomic E-state index is 13.0. The lowest BCUT2D eigenvalue weighted by molar-refractivity contribution is 0.0679. The van der Waals surface area contributed by atoms with Gasteiger partial charge >= 0.3 is 0 Å². The highest BCUT2D eigenvalue weighted by Gasteiger charge is 2.38. The average Bonchev–Trinajstić information content (AvgIpc) is 2.79. The predicted molar refractivity (Wildman–Crippen MR) is 81.3 cm³/mol. The van der Waals surface area contributed by atoms with E-state index in [-0.39, 0.29) is 5.91 Å². The number of aryl methyl sites for hydroxylation is 2. The smallest absolute Gasteiger partial charge is 0.255 e. The number of pyridine rings is 1. The Kier molecular flexibility index (Phi) is 3.42. The van der Waals surface area contributed by atoms with E-state index >= 15 is 0 Å². The number of hydrogen-bond donors (Lipinski definition) is 1. The van der Waals surface area contributed by atoms with E-state index in [1.807, 2.05) is 6.20 Å². The summed E-state index contributed by atoms with van der Waals surface area (Å²) in [5, 5.41) is 3.46. The van der Waals surface area contributed by atoms with Crippen LogP contribution >= 0.6 is 0 Å². The van der Waals surface area contributed by atoms with E-state index in [9.17, 15) is 4.79 Å². The molecule has 3 aliphatic rings. The molecule has 0 aromatic carbocycles. The van der Waals surface area contributed by atoms with Crippen molar-refractivity contribution < 1.29 is 4.79 Å². The van der Waals surface area contributed by atoms with Crippen LogP contribution in [0.1, 0.15) is 53.7 Å². The summed E-state index contributed by atoms with van der Waals surface area (Å²) in [6.07, 6.45) is 9.81. The van der Waals surface area contributed by atoms with Crippen LogP contribution in [0.4, 0.5) is 0 Å².